The van der Waals surface area contributed by atoms with Crippen molar-refractivity contribution in [3.8, 4) is 0 Å². The molecule has 1 aliphatic heterocycles. The molecular formula is C8H13F2NO3. The number of carboxylic acid groups (broad SMARTS) is 1. The molecule has 0 spiro atoms. The van der Waals surface area contributed by atoms with Gasteiger partial charge in [0.2, 0.25) is 0 Å². The zero-order valence-electron chi connectivity index (χ0n) is 7.87. The summed E-state index contributed by atoms with van der Waals surface area (Å²) >= 11 is 0. The maximum absolute atomic E-state index is 12.9. The SMILES string of the molecule is COC[C@@H]1CC(F)(F)CN1CC(=O)O. The Morgan fingerprint density at radius 2 is 2.36 bits per heavy atom. The molecule has 82 valence electrons. The number of alkyl halides is 2. The number of likely N-dealkylation sites (tertiary alicyclic amines) is 1. The molecule has 14 heavy (non-hydrogen) atoms. The van der Waals surface area contributed by atoms with Gasteiger partial charge < -0.3 is 9.84 Å². The summed E-state index contributed by atoms with van der Waals surface area (Å²) in [5.41, 5.74) is 0. The molecule has 4 nitrogen and oxygen atoms in total. The Morgan fingerprint density at radius 1 is 1.71 bits per heavy atom. The van der Waals surface area contributed by atoms with Crippen LogP contribution in [0.15, 0.2) is 0 Å². The van der Waals surface area contributed by atoms with E-state index in [1.54, 1.807) is 0 Å². The average molecular weight is 209 g/mol. The van der Waals surface area contributed by atoms with Gasteiger partial charge in [-0.15, -0.1) is 0 Å². The molecule has 1 fully saturated rings. The van der Waals surface area contributed by atoms with E-state index in [9.17, 15) is 13.6 Å². The van der Waals surface area contributed by atoms with Crippen molar-refractivity contribution in [1.29, 1.82) is 0 Å². The average Bonchev–Trinajstić information content (AvgIpc) is 2.25. The van der Waals surface area contributed by atoms with Gasteiger partial charge in [0.15, 0.2) is 0 Å². The molecule has 0 aromatic heterocycles. The van der Waals surface area contributed by atoms with Crippen molar-refractivity contribution < 1.29 is 23.4 Å². The summed E-state index contributed by atoms with van der Waals surface area (Å²) in [5, 5.41) is 8.50. The van der Waals surface area contributed by atoms with E-state index in [0.717, 1.165) is 0 Å². The third-order valence-corrected chi connectivity index (χ3v) is 2.18. The molecule has 1 atom stereocenters. The Hall–Kier alpha value is -0.750. The summed E-state index contributed by atoms with van der Waals surface area (Å²) in [5.74, 6) is -3.89. The fourth-order valence-electron chi connectivity index (χ4n) is 1.68. The fourth-order valence-corrected chi connectivity index (χ4v) is 1.68. The van der Waals surface area contributed by atoms with Crippen LogP contribution >= 0.6 is 0 Å². The summed E-state index contributed by atoms with van der Waals surface area (Å²) in [6, 6.07) is -0.494. The van der Waals surface area contributed by atoms with E-state index >= 15 is 0 Å². The second-order valence-corrected chi connectivity index (χ2v) is 3.47. The topological polar surface area (TPSA) is 49.8 Å². The monoisotopic (exact) mass is 209 g/mol. The van der Waals surface area contributed by atoms with Crippen molar-refractivity contribution in [3.63, 3.8) is 0 Å². The number of nitrogens with zero attached hydrogens (tertiary/aromatic N) is 1. The number of ether oxygens (including phenoxy) is 1. The van der Waals surface area contributed by atoms with Gasteiger partial charge in [-0.25, -0.2) is 8.78 Å². The highest BCUT2D eigenvalue weighted by Gasteiger charge is 2.45. The summed E-state index contributed by atoms with van der Waals surface area (Å²) < 4.78 is 30.6. The fraction of sp³-hybridized carbons (Fsp3) is 0.875. The molecule has 0 aliphatic carbocycles. The van der Waals surface area contributed by atoms with Gasteiger partial charge in [-0.3, -0.25) is 9.69 Å². The molecule has 1 aliphatic rings. The maximum Gasteiger partial charge on any atom is 0.317 e. The highest BCUT2D eigenvalue weighted by molar-refractivity contribution is 5.69. The lowest BCUT2D eigenvalue weighted by atomic mass is 10.2. The Bertz CT molecular complexity index is 223. The summed E-state index contributed by atoms with van der Waals surface area (Å²) in [4.78, 5) is 11.6. The second kappa shape index (κ2) is 4.18. The third-order valence-electron chi connectivity index (χ3n) is 2.18. The molecule has 0 amide bonds. The molecule has 1 saturated heterocycles. The number of hydrogen-bond acceptors (Lipinski definition) is 3. The second-order valence-electron chi connectivity index (χ2n) is 3.47. The standard InChI is InChI=1S/C8H13F2NO3/c1-14-4-6-2-8(9,10)5-11(6)3-7(12)13/h6H,2-5H2,1H3,(H,12,13)/t6-/m0/s1. The van der Waals surface area contributed by atoms with E-state index < -0.39 is 24.5 Å². The van der Waals surface area contributed by atoms with Crippen LogP contribution in [0.4, 0.5) is 8.78 Å². The molecule has 1 heterocycles. The molecular weight excluding hydrogens is 196 g/mol. The Kier molecular flexibility index (Phi) is 3.38. The zero-order valence-corrected chi connectivity index (χ0v) is 7.87. The van der Waals surface area contributed by atoms with Gasteiger partial charge in [0, 0.05) is 19.6 Å². The highest BCUT2D eigenvalue weighted by Crippen LogP contribution is 2.31. The van der Waals surface area contributed by atoms with Crippen LogP contribution in [-0.4, -0.2) is 54.7 Å². The molecule has 1 N–H and O–H groups in total. The first-order valence-corrected chi connectivity index (χ1v) is 4.27. The largest absolute Gasteiger partial charge is 0.480 e. The predicted octanol–water partition coefficient (Wildman–Crippen LogP) is 0.427. The van der Waals surface area contributed by atoms with Gasteiger partial charge in [0.25, 0.3) is 5.92 Å². The van der Waals surface area contributed by atoms with Crippen molar-refractivity contribution in [2.75, 3.05) is 26.8 Å². The summed E-state index contributed by atoms with van der Waals surface area (Å²) in [6.07, 6.45) is -0.325. The number of halogens is 2. The molecule has 6 heteroatoms. The van der Waals surface area contributed by atoms with Gasteiger partial charge in [-0.1, -0.05) is 0 Å². The van der Waals surface area contributed by atoms with Crippen molar-refractivity contribution in [1.82, 2.24) is 4.90 Å². The maximum atomic E-state index is 12.9. The van der Waals surface area contributed by atoms with Crippen LogP contribution in [0, 0.1) is 0 Å². The minimum atomic E-state index is -2.79. The lowest BCUT2D eigenvalue weighted by molar-refractivity contribution is -0.138. The Labute approximate surface area is 80.4 Å². The van der Waals surface area contributed by atoms with Gasteiger partial charge in [0.05, 0.1) is 19.7 Å². The first kappa shape index (κ1) is 11.3. The normalized spacial score (nSPS) is 26.6. The smallest absolute Gasteiger partial charge is 0.317 e. The van der Waals surface area contributed by atoms with Crippen LogP contribution in [0.5, 0.6) is 0 Å². The highest BCUT2D eigenvalue weighted by atomic mass is 19.3. The van der Waals surface area contributed by atoms with Crippen LogP contribution in [0.1, 0.15) is 6.42 Å². The van der Waals surface area contributed by atoms with E-state index in [1.165, 1.54) is 12.0 Å². The van der Waals surface area contributed by atoms with E-state index in [0.29, 0.717) is 0 Å². The molecule has 0 bridgehead atoms. The van der Waals surface area contributed by atoms with Crippen LogP contribution < -0.4 is 0 Å². The van der Waals surface area contributed by atoms with Crippen molar-refractivity contribution in [3.05, 3.63) is 0 Å². The molecule has 0 aromatic carbocycles. The van der Waals surface area contributed by atoms with Crippen molar-refractivity contribution >= 4 is 5.97 Å². The Morgan fingerprint density at radius 3 is 2.86 bits per heavy atom. The minimum absolute atomic E-state index is 0.142. The van der Waals surface area contributed by atoms with E-state index in [1.807, 2.05) is 0 Å². The number of carbonyl (C=O) groups is 1. The van der Waals surface area contributed by atoms with Crippen LogP contribution in [0.3, 0.4) is 0 Å². The van der Waals surface area contributed by atoms with Crippen LogP contribution in [0.2, 0.25) is 0 Å². The summed E-state index contributed by atoms with van der Waals surface area (Å²) in [6.45, 7) is -0.709. The minimum Gasteiger partial charge on any atom is -0.480 e. The Balaban J connectivity index is 2.57. The van der Waals surface area contributed by atoms with Crippen LogP contribution in [0.25, 0.3) is 0 Å². The van der Waals surface area contributed by atoms with E-state index in [-0.39, 0.29) is 19.6 Å². The summed E-state index contributed by atoms with van der Waals surface area (Å²) in [7, 11) is 1.41. The zero-order chi connectivity index (χ0) is 10.8. The third kappa shape index (κ3) is 2.88. The van der Waals surface area contributed by atoms with Crippen LogP contribution in [-0.2, 0) is 9.53 Å². The number of methoxy groups -OCH3 is 1. The lowest BCUT2D eigenvalue weighted by Gasteiger charge is -2.20. The predicted molar refractivity (Wildman–Crippen MR) is 44.4 cm³/mol. The van der Waals surface area contributed by atoms with Gasteiger partial charge in [0.1, 0.15) is 0 Å². The quantitative estimate of drug-likeness (QED) is 0.729. The van der Waals surface area contributed by atoms with Gasteiger partial charge in [-0.2, -0.15) is 0 Å². The molecule has 0 aromatic rings. The number of aliphatic carboxylic acids is 1. The number of hydrogen-bond donors (Lipinski definition) is 1. The first-order valence-electron chi connectivity index (χ1n) is 4.27. The van der Waals surface area contributed by atoms with Crippen molar-refractivity contribution in [2.45, 2.75) is 18.4 Å². The molecule has 0 radical (unpaired) electrons. The lowest BCUT2D eigenvalue weighted by Crippen LogP contribution is -2.37. The van der Waals surface area contributed by atoms with Gasteiger partial charge in [-0.05, 0) is 0 Å². The van der Waals surface area contributed by atoms with Gasteiger partial charge >= 0.3 is 5.97 Å². The molecule has 0 unspecified atom stereocenters. The van der Waals surface area contributed by atoms with Crippen molar-refractivity contribution in [2.24, 2.45) is 0 Å². The number of carboxylic acids is 1. The van der Waals surface area contributed by atoms with E-state index in [4.69, 9.17) is 9.84 Å². The first-order chi connectivity index (χ1) is 6.44. The van der Waals surface area contributed by atoms with E-state index in [2.05, 4.69) is 0 Å². The molecule has 0 saturated carbocycles. The number of rotatable bonds is 4. The molecule has 1 rings (SSSR count).